The molecule has 1 aromatic heterocycles. The Bertz CT molecular complexity index is 1520. The molecule has 1 saturated heterocycles. The van der Waals surface area contributed by atoms with E-state index in [1.807, 2.05) is 30.3 Å². The van der Waals surface area contributed by atoms with E-state index >= 15 is 0 Å². The second-order valence-electron chi connectivity index (χ2n) is 8.37. The summed E-state index contributed by atoms with van der Waals surface area (Å²) in [5, 5.41) is 12.6. The summed E-state index contributed by atoms with van der Waals surface area (Å²) < 4.78 is 33.3. The molecule has 0 radical (unpaired) electrons. The second-order valence-corrected chi connectivity index (χ2v) is 10.3. The van der Waals surface area contributed by atoms with Crippen LogP contribution in [-0.4, -0.2) is 48.9 Å². The third-order valence-corrected chi connectivity index (χ3v) is 8.20. The monoisotopic (exact) mass is 464 g/mol. The van der Waals surface area contributed by atoms with E-state index in [1.54, 1.807) is 31.2 Å². The summed E-state index contributed by atoms with van der Waals surface area (Å²) in [5.74, 6) is 0.0790. The van der Waals surface area contributed by atoms with Crippen molar-refractivity contribution in [2.75, 3.05) is 26.2 Å². The van der Waals surface area contributed by atoms with Crippen LogP contribution in [0.1, 0.15) is 11.1 Å². The molecule has 2 heterocycles. The van der Waals surface area contributed by atoms with Gasteiger partial charge in [0.1, 0.15) is 11.3 Å². The van der Waals surface area contributed by atoms with Crippen molar-refractivity contribution in [2.45, 2.75) is 18.4 Å². The van der Waals surface area contributed by atoms with Crippen molar-refractivity contribution in [3.8, 4) is 5.75 Å². The Morgan fingerprint density at radius 1 is 0.939 bits per heavy atom. The maximum Gasteiger partial charge on any atom is 0.336 e. The number of fused-ring (bicyclic) bond motifs is 2. The molecule has 5 rings (SSSR count). The van der Waals surface area contributed by atoms with Crippen LogP contribution in [-0.2, 0) is 16.6 Å². The molecule has 1 N–H and O–H groups in total. The predicted octanol–water partition coefficient (Wildman–Crippen LogP) is 3.47. The SMILES string of the molecule is Cc1c(O)ccc2c(CN3CCN(S(=O)(=O)c4ccc5ccccc5c4)CC3)cc(=O)oc12. The normalized spacial score (nSPS) is 15.9. The number of aryl methyl sites for hydroxylation is 1. The molecule has 0 spiro atoms. The van der Waals surface area contributed by atoms with Crippen molar-refractivity contribution in [2.24, 2.45) is 0 Å². The molecule has 0 saturated carbocycles. The highest BCUT2D eigenvalue weighted by atomic mass is 32.2. The molecule has 8 heteroatoms. The number of piperazine rings is 1. The average molecular weight is 465 g/mol. The number of benzene rings is 3. The molecule has 1 aliphatic heterocycles. The van der Waals surface area contributed by atoms with Crippen molar-refractivity contribution in [1.82, 2.24) is 9.21 Å². The molecular formula is C25H24N2O5S. The van der Waals surface area contributed by atoms with Gasteiger partial charge >= 0.3 is 5.63 Å². The highest BCUT2D eigenvalue weighted by molar-refractivity contribution is 7.89. The lowest BCUT2D eigenvalue weighted by molar-refractivity contribution is 0.182. The molecule has 33 heavy (non-hydrogen) atoms. The van der Waals surface area contributed by atoms with Gasteiger partial charge in [-0.3, -0.25) is 4.90 Å². The van der Waals surface area contributed by atoms with Gasteiger partial charge in [-0.15, -0.1) is 0 Å². The Kier molecular flexibility index (Phi) is 5.44. The van der Waals surface area contributed by atoms with Crippen molar-refractivity contribution in [1.29, 1.82) is 0 Å². The maximum atomic E-state index is 13.2. The van der Waals surface area contributed by atoms with Crippen LogP contribution < -0.4 is 5.63 Å². The van der Waals surface area contributed by atoms with Gasteiger partial charge in [0.25, 0.3) is 0 Å². The first-order valence-electron chi connectivity index (χ1n) is 10.8. The van der Waals surface area contributed by atoms with E-state index in [0.717, 1.165) is 21.7 Å². The minimum Gasteiger partial charge on any atom is -0.508 e. The van der Waals surface area contributed by atoms with E-state index in [4.69, 9.17) is 4.42 Å². The molecule has 0 bridgehead atoms. The van der Waals surface area contributed by atoms with E-state index in [0.29, 0.717) is 48.8 Å². The van der Waals surface area contributed by atoms with Gasteiger partial charge in [0.2, 0.25) is 10.0 Å². The highest BCUT2D eigenvalue weighted by Gasteiger charge is 2.29. The number of hydrogen-bond donors (Lipinski definition) is 1. The van der Waals surface area contributed by atoms with Gasteiger partial charge in [0.15, 0.2) is 0 Å². The Morgan fingerprint density at radius 2 is 1.67 bits per heavy atom. The van der Waals surface area contributed by atoms with Gasteiger partial charge in [-0.25, -0.2) is 13.2 Å². The van der Waals surface area contributed by atoms with Gasteiger partial charge < -0.3 is 9.52 Å². The number of sulfonamides is 1. The summed E-state index contributed by atoms with van der Waals surface area (Å²) in [4.78, 5) is 14.5. The van der Waals surface area contributed by atoms with E-state index in [9.17, 15) is 18.3 Å². The van der Waals surface area contributed by atoms with Gasteiger partial charge in [-0.05, 0) is 47.5 Å². The Morgan fingerprint density at radius 3 is 2.42 bits per heavy atom. The summed E-state index contributed by atoms with van der Waals surface area (Å²) in [6.07, 6.45) is 0. The lowest BCUT2D eigenvalue weighted by atomic mass is 10.1. The fourth-order valence-corrected chi connectivity index (χ4v) is 5.85. The van der Waals surface area contributed by atoms with Crippen molar-refractivity contribution in [3.05, 3.63) is 82.2 Å². The number of hydrogen-bond acceptors (Lipinski definition) is 6. The van der Waals surface area contributed by atoms with Crippen LogP contribution in [0.15, 0.2) is 74.8 Å². The first-order chi connectivity index (χ1) is 15.8. The quantitative estimate of drug-likeness (QED) is 0.465. The van der Waals surface area contributed by atoms with E-state index in [2.05, 4.69) is 4.90 Å². The Labute approximate surface area is 191 Å². The predicted molar refractivity (Wildman–Crippen MR) is 127 cm³/mol. The first kappa shape index (κ1) is 21.6. The Balaban J connectivity index is 1.34. The fraction of sp³-hybridized carbons (Fsp3) is 0.240. The van der Waals surface area contributed by atoms with Crippen LogP contribution in [0.25, 0.3) is 21.7 Å². The molecule has 0 aliphatic carbocycles. The zero-order valence-electron chi connectivity index (χ0n) is 18.2. The molecule has 3 aromatic carbocycles. The number of phenols is 1. The van der Waals surface area contributed by atoms with Gasteiger partial charge in [-0.2, -0.15) is 4.31 Å². The van der Waals surface area contributed by atoms with Crippen molar-refractivity contribution in [3.63, 3.8) is 0 Å². The molecule has 1 fully saturated rings. The molecule has 7 nitrogen and oxygen atoms in total. The fourth-order valence-electron chi connectivity index (χ4n) is 4.39. The molecule has 4 aromatic rings. The number of nitrogens with zero attached hydrogens (tertiary/aromatic N) is 2. The third kappa shape index (κ3) is 4.01. The topological polar surface area (TPSA) is 91.1 Å². The summed E-state index contributed by atoms with van der Waals surface area (Å²) >= 11 is 0. The summed E-state index contributed by atoms with van der Waals surface area (Å²) in [7, 11) is -3.59. The van der Waals surface area contributed by atoms with Gasteiger partial charge in [-0.1, -0.05) is 30.3 Å². The zero-order valence-corrected chi connectivity index (χ0v) is 19.0. The van der Waals surface area contributed by atoms with Crippen LogP contribution in [0.4, 0.5) is 0 Å². The minimum absolute atomic E-state index is 0.0790. The van der Waals surface area contributed by atoms with E-state index in [-0.39, 0.29) is 5.75 Å². The summed E-state index contributed by atoms with van der Waals surface area (Å²) in [6, 6.07) is 17.7. The van der Waals surface area contributed by atoms with E-state index < -0.39 is 15.6 Å². The minimum atomic E-state index is -3.59. The van der Waals surface area contributed by atoms with Crippen LogP contribution in [0.3, 0.4) is 0 Å². The van der Waals surface area contributed by atoms with Crippen LogP contribution in [0.5, 0.6) is 5.75 Å². The molecule has 0 unspecified atom stereocenters. The Hall–Kier alpha value is -3.20. The molecule has 1 aliphatic rings. The average Bonchev–Trinajstić information content (AvgIpc) is 2.82. The first-order valence-corrected chi connectivity index (χ1v) is 12.2. The van der Waals surface area contributed by atoms with Gasteiger partial charge in [0, 0.05) is 49.7 Å². The molecule has 0 amide bonds. The van der Waals surface area contributed by atoms with Crippen molar-refractivity contribution < 1.29 is 17.9 Å². The van der Waals surface area contributed by atoms with Crippen LogP contribution in [0.2, 0.25) is 0 Å². The smallest absolute Gasteiger partial charge is 0.336 e. The van der Waals surface area contributed by atoms with Crippen LogP contribution in [0, 0.1) is 6.92 Å². The maximum absolute atomic E-state index is 13.2. The lowest BCUT2D eigenvalue weighted by Gasteiger charge is -2.34. The lowest BCUT2D eigenvalue weighted by Crippen LogP contribution is -2.48. The number of rotatable bonds is 4. The largest absolute Gasteiger partial charge is 0.508 e. The number of aromatic hydroxyl groups is 1. The molecular weight excluding hydrogens is 440 g/mol. The standard InChI is InChI=1S/C25H24N2O5S/c1-17-23(28)9-8-22-20(15-24(29)32-25(17)22)16-26-10-12-27(13-11-26)33(30,31)21-7-6-18-4-2-3-5-19(18)14-21/h2-9,14-15,28H,10-13,16H2,1H3. The van der Waals surface area contributed by atoms with Crippen molar-refractivity contribution >= 4 is 31.8 Å². The number of phenolic OH excluding ortho intramolecular Hbond substituents is 1. The van der Waals surface area contributed by atoms with Gasteiger partial charge in [0.05, 0.1) is 4.90 Å². The zero-order chi connectivity index (χ0) is 23.2. The molecule has 170 valence electrons. The molecule has 0 atom stereocenters. The third-order valence-electron chi connectivity index (χ3n) is 6.30. The van der Waals surface area contributed by atoms with E-state index in [1.165, 1.54) is 10.4 Å². The highest BCUT2D eigenvalue weighted by Crippen LogP contribution is 2.28. The summed E-state index contributed by atoms with van der Waals surface area (Å²) in [5.41, 5.74) is 1.24. The van der Waals surface area contributed by atoms with Crippen LogP contribution >= 0.6 is 0 Å². The second kappa shape index (κ2) is 8.30. The summed E-state index contributed by atoms with van der Waals surface area (Å²) in [6.45, 7) is 4.04.